The predicted molar refractivity (Wildman–Crippen MR) is 115 cm³/mol. The molecule has 0 N–H and O–H groups in total. The Morgan fingerprint density at radius 3 is 2.65 bits per heavy atom. The van der Waals surface area contributed by atoms with Crippen molar-refractivity contribution in [2.24, 2.45) is 0 Å². The quantitative estimate of drug-likeness (QED) is 0.510. The Kier molecular flexibility index (Phi) is 3.82. The van der Waals surface area contributed by atoms with Crippen molar-refractivity contribution in [3.8, 4) is 23.0 Å². The predicted octanol–water partition coefficient (Wildman–Crippen LogP) is 3.34. The topological polar surface area (TPSA) is 90.4 Å². The van der Waals surface area contributed by atoms with Crippen LogP contribution in [0.3, 0.4) is 0 Å². The number of aryl methyl sites for hydroxylation is 1. The van der Waals surface area contributed by atoms with E-state index in [4.69, 9.17) is 4.98 Å². The Balaban J connectivity index is 1.55. The van der Waals surface area contributed by atoms with Crippen LogP contribution in [0.5, 0.6) is 0 Å². The van der Waals surface area contributed by atoms with Crippen molar-refractivity contribution in [1.29, 1.82) is 0 Å². The molecule has 0 saturated heterocycles. The van der Waals surface area contributed by atoms with E-state index in [2.05, 4.69) is 49.2 Å². The zero-order valence-corrected chi connectivity index (χ0v) is 17.1. The second-order valence-corrected chi connectivity index (χ2v) is 7.43. The van der Waals surface area contributed by atoms with Crippen molar-refractivity contribution in [1.82, 2.24) is 39.5 Å². The summed E-state index contributed by atoms with van der Waals surface area (Å²) in [5, 5.41) is 13.2. The van der Waals surface area contributed by atoms with Crippen LogP contribution in [0.4, 0.5) is 5.82 Å². The highest BCUT2D eigenvalue weighted by atomic mass is 15.4. The fourth-order valence-electron chi connectivity index (χ4n) is 4.13. The molecule has 9 heteroatoms. The van der Waals surface area contributed by atoms with Gasteiger partial charge in [0.1, 0.15) is 17.8 Å². The Bertz CT molecular complexity index is 1350. The molecule has 1 aliphatic heterocycles. The average molecular weight is 409 g/mol. The number of nitrogens with zero attached hydrogens (tertiary/aromatic N) is 9. The van der Waals surface area contributed by atoms with Gasteiger partial charge in [-0.05, 0) is 25.5 Å². The van der Waals surface area contributed by atoms with E-state index in [0.29, 0.717) is 11.8 Å². The van der Waals surface area contributed by atoms with Crippen LogP contribution in [-0.4, -0.2) is 39.5 Å². The van der Waals surface area contributed by atoms with Crippen molar-refractivity contribution >= 4 is 5.82 Å². The van der Waals surface area contributed by atoms with Gasteiger partial charge in [0.05, 0.1) is 12.2 Å². The summed E-state index contributed by atoms with van der Waals surface area (Å²) in [5.41, 5.74) is 2.89. The van der Waals surface area contributed by atoms with E-state index in [9.17, 15) is 0 Å². The molecular formula is C22H19N9. The molecule has 4 aromatic rings. The van der Waals surface area contributed by atoms with Crippen LogP contribution in [0.15, 0.2) is 66.8 Å². The van der Waals surface area contributed by atoms with E-state index in [1.54, 1.807) is 4.68 Å². The van der Waals surface area contributed by atoms with Crippen molar-refractivity contribution < 1.29 is 0 Å². The number of rotatable bonds is 4. The van der Waals surface area contributed by atoms with Crippen molar-refractivity contribution in [2.45, 2.75) is 26.3 Å². The molecule has 0 spiro atoms. The van der Waals surface area contributed by atoms with E-state index in [1.165, 1.54) is 6.33 Å². The first kappa shape index (κ1) is 17.7. The van der Waals surface area contributed by atoms with Crippen LogP contribution in [0.25, 0.3) is 23.0 Å². The summed E-state index contributed by atoms with van der Waals surface area (Å²) in [6.45, 7) is 4.09. The summed E-state index contributed by atoms with van der Waals surface area (Å²) >= 11 is 0. The molecule has 0 amide bonds. The molecule has 0 bridgehead atoms. The summed E-state index contributed by atoms with van der Waals surface area (Å²) in [6.07, 6.45) is 10.4. The summed E-state index contributed by atoms with van der Waals surface area (Å²) in [6, 6.07) is 9.94. The van der Waals surface area contributed by atoms with Crippen LogP contribution >= 0.6 is 0 Å². The standard InChI is InChI=1S/C22H19N9/c1-3-17-21-28-27-14(2)29(21)18-12-23-22(26-20(18)30(17)16-10-7-11-16)31-19(24-13-25-31)15-8-5-4-6-9-15/h4-13,17H,3H2,1-2H3/t17-/m1/s1. The van der Waals surface area contributed by atoms with Gasteiger partial charge in [0.2, 0.25) is 0 Å². The van der Waals surface area contributed by atoms with Gasteiger partial charge in [-0.1, -0.05) is 43.3 Å². The summed E-state index contributed by atoms with van der Waals surface area (Å²) in [7, 11) is 0. The van der Waals surface area contributed by atoms with Crippen LogP contribution in [0, 0.1) is 6.92 Å². The average Bonchev–Trinajstić information content (AvgIpc) is 3.40. The van der Waals surface area contributed by atoms with E-state index in [-0.39, 0.29) is 6.04 Å². The highest BCUT2D eigenvalue weighted by molar-refractivity contribution is 5.69. The lowest BCUT2D eigenvalue weighted by molar-refractivity contribution is 0.572. The maximum absolute atomic E-state index is 4.97. The Morgan fingerprint density at radius 2 is 1.90 bits per heavy atom. The fourth-order valence-corrected chi connectivity index (χ4v) is 4.13. The molecule has 1 aromatic carbocycles. The second-order valence-electron chi connectivity index (χ2n) is 7.43. The van der Waals surface area contributed by atoms with Gasteiger partial charge in [-0.2, -0.15) is 14.8 Å². The number of anilines is 1. The minimum atomic E-state index is 0.0250. The van der Waals surface area contributed by atoms with E-state index < -0.39 is 0 Å². The molecule has 1 atom stereocenters. The van der Waals surface area contributed by atoms with Gasteiger partial charge in [0, 0.05) is 11.3 Å². The Hall–Kier alpha value is -4.14. The van der Waals surface area contributed by atoms with Gasteiger partial charge in [0.15, 0.2) is 17.5 Å². The van der Waals surface area contributed by atoms with Crippen LogP contribution in [-0.2, 0) is 0 Å². The van der Waals surface area contributed by atoms with Crippen molar-refractivity contribution in [3.63, 3.8) is 0 Å². The van der Waals surface area contributed by atoms with E-state index >= 15 is 0 Å². The molecule has 1 aliphatic carbocycles. The zero-order chi connectivity index (χ0) is 20.9. The second kappa shape index (κ2) is 6.69. The lowest BCUT2D eigenvalue weighted by atomic mass is 10.0. The van der Waals surface area contributed by atoms with Gasteiger partial charge in [0.25, 0.3) is 5.95 Å². The summed E-state index contributed by atoms with van der Waals surface area (Å²) in [5.74, 6) is 3.68. The summed E-state index contributed by atoms with van der Waals surface area (Å²) in [4.78, 5) is 16.3. The zero-order valence-electron chi connectivity index (χ0n) is 17.1. The van der Waals surface area contributed by atoms with Gasteiger partial charge in [-0.25, -0.2) is 9.97 Å². The molecule has 0 unspecified atom stereocenters. The van der Waals surface area contributed by atoms with Crippen LogP contribution < -0.4 is 4.90 Å². The van der Waals surface area contributed by atoms with Crippen LogP contribution in [0.1, 0.15) is 31.0 Å². The molecule has 0 fully saturated rings. The molecule has 0 radical (unpaired) electrons. The van der Waals surface area contributed by atoms with E-state index in [0.717, 1.165) is 40.8 Å². The first-order valence-electron chi connectivity index (χ1n) is 10.2. The third-order valence-corrected chi connectivity index (χ3v) is 5.63. The Morgan fingerprint density at radius 1 is 1.06 bits per heavy atom. The van der Waals surface area contributed by atoms with Crippen LogP contribution in [0.2, 0.25) is 0 Å². The molecular weight excluding hydrogens is 390 g/mol. The first-order chi connectivity index (χ1) is 15.3. The molecule has 152 valence electrons. The van der Waals surface area contributed by atoms with Gasteiger partial charge in [-0.3, -0.25) is 4.57 Å². The molecule has 4 heterocycles. The normalized spacial score (nSPS) is 16.5. The number of hydrogen-bond donors (Lipinski definition) is 0. The third kappa shape index (κ3) is 2.56. The first-order valence-corrected chi connectivity index (χ1v) is 10.2. The molecule has 0 saturated carbocycles. The monoisotopic (exact) mass is 409 g/mol. The number of hydrogen-bond acceptors (Lipinski definition) is 7. The third-order valence-electron chi connectivity index (χ3n) is 5.63. The SMILES string of the molecule is CC[C@@H]1c2nnc(C)n2-c2cnc(-n3ncnc3-c3ccccc3)nc2N1C1=CC=C1. The minimum absolute atomic E-state index is 0.0250. The number of allylic oxidation sites excluding steroid dienone is 3. The van der Waals surface area contributed by atoms with Gasteiger partial charge < -0.3 is 4.90 Å². The number of benzene rings is 1. The minimum Gasteiger partial charge on any atom is -0.314 e. The maximum Gasteiger partial charge on any atom is 0.254 e. The highest BCUT2D eigenvalue weighted by Gasteiger charge is 2.37. The fraction of sp³-hybridized carbons (Fsp3) is 0.182. The number of aromatic nitrogens is 8. The lowest BCUT2D eigenvalue weighted by Crippen LogP contribution is -2.36. The largest absolute Gasteiger partial charge is 0.314 e. The van der Waals surface area contributed by atoms with Crippen molar-refractivity contribution in [2.75, 3.05) is 4.90 Å². The summed E-state index contributed by atoms with van der Waals surface area (Å²) < 4.78 is 3.72. The molecule has 2 aliphatic rings. The Labute approximate surface area is 178 Å². The molecule has 31 heavy (non-hydrogen) atoms. The van der Waals surface area contributed by atoms with Gasteiger partial charge >= 0.3 is 0 Å². The highest BCUT2D eigenvalue weighted by Crippen LogP contribution is 2.42. The molecule has 3 aromatic heterocycles. The van der Waals surface area contributed by atoms with Gasteiger partial charge in [-0.15, -0.1) is 10.2 Å². The molecule has 6 rings (SSSR count). The number of fused-ring (bicyclic) bond motifs is 3. The maximum atomic E-state index is 4.97. The molecule has 9 nitrogen and oxygen atoms in total. The smallest absolute Gasteiger partial charge is 0.254 e. The van der Waals surface area contributed by atoms with E-state index in [1.807, 2.05) is 54.1 Å². The lowest BCUT2D eigenvalue weighted by Gasteiger charge is -2.38. The van der Waals surface area contributed by atoms with Crippen molar-refractivity contribution in [3.05, 3.63) is 78.4 Å².